The predicted molar refractivity (Wildman–Crippen MR) is 129 cm³/mol. The van der Waals surface area contributed by atoms with Crippen molar-refractivity contribution >= 4 is 18.1 Å². The molecule has 0 amide bonds. The summed E-state index contributed by atoms with van der Waals surface area (Å²) in [5.74, 6) is 0. The first kappa shape index (κ1) is 19.2. The quantitative estimate of drug-likeness (QED) is 0.345. The van der Waals surface area contributed by atoms with Crippen molar-refractivity contribution in [2.75, 3.05) is 7.05 Å². The standard InChI is InChI=1S/C29H26N2/c1-22-12-9-10-17-25(22)29-30(2)20-21-31(29)28-26(23-13-5-3-6-14-23)18-11-19-27(28)24-15-7-4-8-16-24/h3-21,29H,1-2H3/q+2. The molecule has 0 aliphatic carbocycles. The van der Waals surface area contributed by atoms with Gasteiger partial charge < -0.3 is 0 Å². The largest absolute Gasteiger partial charge is 0.375 e. The first-order chi connectivity index (χ1) is 15.2. The van der Waals surface area contributed by atoms with Crippen molar-refractivity contribution in [2.24, 2.45) is 0 Å². The van der Waals surface area contributed by atoms with Crippen molar-refractivity contribution in [3.05, 3.63) is 114 Å². The topological polar surface area (TPSA) is 6.02 Å². The molecule has 150 valence electrons. The van der Waals surface area contributed by atoms with Crippen LogP contribution in [-0.2, 0) is 0 Å². The Hall–Kier alpha value is -3.78. The summed E-state index contributed by atoms with van der Waals surface area (Å²) in [6.07, 6.45) is 4.49. The summed E-state index contributed by atoms with van der Waals surface area (Å²) in [5.41, 5.74) is 8.77. The van der Waals surface area contributed by atoms with Crippen molar-refractivity contribution in [1.82, 2.24) is 0 Å². The van der Waals surface area contributed by atoms with Crippen molar-refractivity contribution < 1.29 is 9.15 Å². The van der Waals surface area contributed by atoms with Crippen molar-refractivity contribution in [2.45, 2.75) is 13.1 Å². The molecule has 0 fully saturated rings. The van der Waals surface area contributed by atoms with Gasteiger partial charge in [0.15, 0.2) is 0 Å². The van der Waals surface area contributed by atoms with Gasteiger partial charge in [-0.2, -0.15) is 4.58 Å². The van der Waals surface area contributed by atoms with Gasteiger partial charge in [-0.3, -0.25) is 0 Å². The molecule has 0 saturated carbocycles. The molecule has 0 N–H and O–H groups in total. The van der Waals surface area contributed by atoms with Gasteiger partial charge in [0.05, 0.1) is 16.7 Å². The number of para-hydroxylation sites is 1. The average molecular weight is 403 g/mol. The van der Waals surface area contributed by atoms with Crippen LogP contribution in [0.3, 0.4) is 0 Å². The lowest BCUT2D eigenvalue weighted by Gasteiger charge is -2.16. The molecule has 31 heavy (non-hydrogen) atoms. The minimum atomic E-state index is 0.105. The highest BCUT2D eigenvalue weighted by atomic mass is 15.3. The van der Waals surface area contributed by atoms with E-state index in [1.807, 2.05) is 0 Å². The lowest BCUT2D eigenvalue weighted by molar-refractivity contribution is -0.725. The van der Waals surface area contributed by atoms with E-state index < -0.39 is 0 Å². The fraction of sp³-hybridized carbons (Fsp3) is 0.103. The third-order valence-corrected chi connectivity index (χ3v) is 6.04. The van der Waals surface area contributed by atoms with Gasteiger partial charge in [0.25, 0.3) is 0 Å². The van der Waals surface area contributed by atoms with Crippen LogP contribution < -0.4 is 0 Å². The van der Waals surface area contributed by atoms with E-state index in [0.29, 0.717) is 0 Å². The molecule has 1 atom stereocenters. The van der Waals surface area contributed by atoms with Crippen LogP contribution in [-0.4, -0.2) is 28.6 Å². The first-order valence-electron chi connectivity index (χ1n) is 10.7. The van der Waals surface area contributed by atoms with E-state index in [-0.39, 0.29) is 6.17 Å². The van der Waals surface area contributed by atoms with Crippen LogP contribution >= 0.6 is 0 Å². The third kappa shape index (κ3) is 3.51. The summed E-state index contributed by atoms with van der Waals surface area (Å²) in [6, 6.07) is 36.7. The summed E-state index contributed by atoms with van der Waals surface area (Å²) in [7, 11) is 2.15. The molecule has 2 nitrogen and oxygen atoms in total. The van der Waals surface area contributed by atoms with Crippen molar-refractivity contribution in [3.63, 3.8) is 0 Å². The fourth-order valence-corrected chi connectivity index (χ4v) is 4.50. The number of hydrogen-bond donors (Lipinski definition) is 0. The molecule has 0 radical (unpaired) electrons. The Morgan fingerprint density at radius 3 is 1.71 bits per heavy atom. The van der Waals surface area contributed by atoms with E-state index in [1.165, 1.54) is 39.1 Å². The summed E-state index contributed by atoms with van der Waals surface area (Å²) in [4.78, 5) is 0. The average Bonchev–Trinajstić information content (AvgIpc) is 3.21. The third-order valence-electron chi connectivity index (χ3n) is 6.04. The Labute approximate surface area is 184 Å². The monoisotopic (exact) mass is 402 g/mol. The van der Waals surface area contributed by atoms with Crippen LogP contribution in [0, 0.1) is 6.92 Å². The van der Waals surface area contributed by atoms with Gasteiger partial charge in [0, 0.05) is 0 Å². The zero-order chi connectivity index (χ0) is 21.2. The molecular weight excluding hydrogens is 376 g/mol. The zero-order valence-electron chi connectivity index (χ0n) is 17.9. The Morgan fingerprint density at radius 2 is 1.13 bits per heavy atom. The zero-order valence-corrected chi connectivity index (χ0v) is 17.9. The highest BCUT2D eigenvalue weighted by molar-refractivity contribution is 6.12. The van der Waals surface area contributed by atoms with Gasteiger partial charge in [0.2, 0.25) is 18.1 Å². The van der Waals surface area contributed by atoms with Crippen LogP contribution in [0.1, 0.15) is 17.3 Å². The van der Waals surface area contributed by atoms with E-state index in [4.69, 9.17) is 0 Å². The van der Waals surface area contributed by atoms with Gasteiger partial charge in [-0.1, -0.05) is 84.9 Å². The summed E-state index contributed by atoms with van der Waals surface area (Å²) in [6.45, 7) is 2.20. The summed E-state index contributed by atoms with van der Waals surface area (Å²) < 4.78 is 4.71. The molecule has 0 spiro atoms. The molecule has 0 aromatic heterocycles. The van der Waals surface area contributed by atoms with Crippen LogP contribution in [0.15, 0.2) is 103 Å². The van der Waals surface area contributed by atoms with Gasteiger partial charge in [-0.05, 0) is 41.8 Å². The maximum Gasteiger partial charge on any atom is 0.375 e. The Morgan fingerprint density at radius 1 is 0.581 bits per heavy atom. The second kappa shape index (κ2) is 8.16. The van der Waals surface area contributed by atoms with Crippen LogP contribution in [0.2, 0.25) is 0 Å². The second-order valence-corrected chi connectivity index (χ2v) is 8.03. The van der Waals surface area contributed by atoms with Gasteiger partial charge in [-0.25, -0.2) is 0 Å². The van der Waals surface area contributed by atoms with Crippen LogP contribution in [0.25, 0.3) is 22.3 Å². The van der Waals surface area contributed by atoms with Crippen LogP contribution in [0.4, 0.5) is 5.69 Å². The molecule has 4 aromatic rings. The molecule has 1 heterocycles. The minimum Gasteiger partial charge on any atom is -0.168 e. The Kier molecular flexibility index (Phi) is 5.05. The molecule has 0 saturated heterocycles. The minimum absolute atomic E-state index is 0.105. The molecule has 1 unspecified atom stereocenters. The number of rotatable bonds is 4. The second-order valence-electron chi connectivity index (χ2n) is 8.03. The van der Waals surface area contributed by atoms with Gasteiger partial charge in [-0.15, -0.1) is 4.58 Å². The number of hydrogen-bond acceptors (Lipinski definition) is 0. The lowest BCUT2D eigenvalue weighted by Crippen LogP contribution is -2.21. The molecule has 1 aliphatic heterocycles. The molecule has 5 rings (SSSR count). The number of aryl methyl sites for hydroxylation is 1. The smallest absolute Gasteiger partial charge is 0.168 e. The maximum atomic E-state index is 2.42. The summed E-state index contributed by atoms with van der Waals surface area (Å²) >= 11 is 0. The van der Waals surface area contributed by atoms with E-state index in [9.17, 15) is 0 Å². The maximum absolute atomic E-state index is 2.42. The SMILES string of the molecule is Cc1ccccc1C1[N+](C)=CC=[N+]1c1c(-c2ccccc2)cccc1-c1ccccc1. The molecular formula is C29H26N2+2. The predicted octanol–water partition coefficient (Wildman–Crippen LogP) is 6.47. The fourth-order valence-electron chi connectivity index (χ4n) is 4.50. The van der Waals surface area contributed by atoms with Crippen molar-refractivity contribution in [3.8, 4) is 22.3 Å². The highest BCUT2D eigenvalue weighted by Gasteiger charge is 2.40. The van der Waals surface area contributed by atoms with Gasteiger partial charge in [0.1, 0.15) is 7.05 Å². The Bertz CT molecular complexity index is 1230. The molecule has 1 aliphatic rings. The van der Waals surface area contributed by atoms with Crippen molar-refractivity contribution in [1.29, 1.82) is 0 Å². The molecule has 4 aromatic carbocycles. The van der Waals surface area contributed by atoms with E-state index in [0.717, 1.165) is 0 Å². The van der Waals surface area contributed by atoms with E-state index >= 15 is 0 Å². The Balaban J connectivity index is 1.77. The number of benzene rings is 4. The number of nitrogens with zero attached hydrogens (tertiary/aromatic N) is 2. The lowest BCUT2D eigenvalue weighted by atomic mass is 9.94. The normalized spacial score (nSPS) is 15.5. The molecule has 2 heteroatoms. The van der Waals surface area contributed by atoms with E-state index in [2.05, 4.69) is 139 Å². The summed E-state index contributed by atoms with van der Waals surface area (Å²) in [5, 5.41) is 0. The van der Waals surface area contributed by atoms with Gasteiger partial charge >= 0.3 is 6.17 Å². The van der Waals surface area contributed by atoms with Crippen LogP contribution in [0.5, 0.6) is 0 Å². The highest BCUT2D eigenvalue weighted by Crippen LogP contribution is 2.42. The first-order valence-corrected chi connectivity index (χ1v) is 10.7. The molecule has 0 bridgehead atoms. The van der Waals surface area contributed by atoms with E-state index in [1.54, 1.807) is 0 Å².